The van der Waals surface area contributed by atoms with E-state index in [1.165, 1.54) is 11.6 Å². The van der Waals surface area contributed by atoms with Gasteiger partial charge in [0.25, 0.3) is 5.56 Å². The summed E-state index contributed by atoms with van der Waals surface area (Å²) in [4.78, 5) is 34.2. The van der Waals surface area contributed by atoms with E-state index in [1.54, 1.807) is 20.9 Å². The highest BCUT2D eigenvalue weighted by atomic mass is 16.4. The van der Waals surface area contributed by atoms with Gasteiger partial charge in [0.2, 0.25) is 0 Å². The fourth-order valence-corrected chi connectivity index (χ4v) is 1.90. The molecule has 0 aromatic carbocycles. The Labute approximate surface area is 98.1 Å². The lowest BCUT2D eigenvalue weighted by Crippen LogP contribution is -2.41. The minimum absolute atomic E-state index is 0.131. The summed E-state index contributed by atoms with van der Waals surface area (Å²) in [7, 11) is 2.95. The number of carbonyl (C=O) groups is 1. The van der Waals surface area contributed by atoms with Crippen molar-refractivity contribution in [2.75, 3.05) is 0 Å². The fourth-order valence-electron chi connectivity index (χ4n) is 1.90. The van der Waals surface area contributed by atoms with Crippen molar-refractivity contribution in [2.24, 2.45) is 14.1 Å². The summed E-state index contributed by atoms with van der Waals surface area (Å²) >= 11 is 0. The molecule has 1 aromatic rings. The number of nitrogens with zero attached hydrogens (tertiary/aromatic N) is 2. The molecule has 0 aliphatic heterocycles. The monoisotopic (exact) mass is 240 g/mol. The SMILES string of the molecule is Cc1c([C@H](C)CC(=O)O)c(=O)n(C)c(=O)n1C. The molecule has 6 nitrogen and oxygen atoms in total. The summed E-state index contributed by atoms with van der Waals surface area (Å²) in [5.41, 5.74) is 0.0852. The van der Waals surface area contributed by atoms with Gasteiger partial charge in [-0.05, 0) is 12.8 Å². The zero-order valence-electron chi connectivity index (χ0n) is 10.4. The first-order valence-electron chi connectivity index (χ1n) is 5.25. The van der Waals surface area contributed by atoms with Gasteiger partial charge in [-0.15, -0.1) is 0 Å². The third kappa shape index (κ3) is 2.30. The summed E-state index contributed by atoms with van der Waals surface area (Å²) in [6.07, 6.45) is -0.131. The number of hydrogen-bond donors (Lipinski definition) is 1. The normalized spacial score (nSPS) is 12.5. The number of rotatable bonds is 3. The van der Waals surface area contributed by atoms with Crippen LogP contribution in [0.2, 0.25) is 0 Å². The Morgan fingerprint density at radius 3 is 2.29 bits per heavy atom. The first-order valence-corrected chi connectivity index (χ1v) is 5.25. The molecule has 17 heavy (non-hydrogen) atoms. The Kier molecular flexibility index (Phi) is 3.55. The molecular weight excluding hydrogens is 224 g/mol. The van der Waals surface area contributed by atoms with Crippen molar-refractivity contribution in [2.45, 2.75) is 26.2 Å². The van der Waals surface area contributed by atoms with E-state index in [1.807, 2.05) is 0 Å². The van der Waals surface area contributed by atoms with Gasteiger partial charge in [0.15, 0.2) is 0 Å². The van der Waals surface area contributed by atoms with Crippen molar-refractivity contribution in [3.63, 3.8) is 0 Å². The molecule has 0 radical (unpaired) electrons. The second kappa shape index (κ2) is 4.57. The lowest BCUT2D eigenvalue weighted by molar-refractivity contribution is -0.137. The third-order valence-electron chi connectivity index (χ3n) is 2.98. The van der Waals surface area contributed by atoms with Crippen molar-refractivity contribution < 1.29 is 9.90 Å². The van der Waals surface area contributed by atoms with E-state index < -0.39 is 23.1 Å². The second-order valence-electron chi connectivity index (χ2n) is 4.20. The van der Waals surface area contributed by atoms with Gasteiger partial charge >= 0.3 is 11.7 Å². The van der Waals surface area contributed by atoms with E-state index in [0.29, 0.717) is 11.3 Å². The topological polar surface area (TPSA) is 81.3 Å². The predicted octanol–water partition coefficient (Wildman–Crippen LogP) is -0.0294. The lowest BCUT2D eigenvalue weighted by Gasteiger charge is -2.15. The van der Waals surface area contributed by atoms with Gasteiger partial charge in [0.05, 0.1) is 6.42 Å². The Balaban J connectivity index is 3.50. The van der Waals surface area contributed by atoms with Gasteiger partial charge in [-0.25, -0.2) is 4.79 Å². The molecule has 0 fully saturated rings. The lowest BCUT2D eigenvalue weighted by atomic mass is 9.97. The number of carboxylic acid groups (broad SMARTS) is 1. The van der Waals surface area contributed by atoms with Crippen LogP contribution in [0.5, 0.6) is 0 Å². The highest BCUT2D eigenvalue weighted by Crippen LogP contribution is 2.17. The zero-order chi connectivity index (χ0) is 13.3. The third-order valence-corrected chi connectivity index (χ3v) is 2.98. The maximum absolute atomic E-state index is 11.9. The molecule has 0 unspecified atom stereocenters. The molecule has 0 aliphatic carbocycles. The van der Waals surface area contributed by atoms with Gasteiger partial charge in [-0.3, -0.25) is 14.2 Å². The molecule has 0 bridgehead atoms. The average Bonchev–Trinajstić information content (AvgIpc) is 2.23. The molecule has 0 spiro atoms. The van der Waals surface area contributed by atoms with Crippen LogP contribution >= 0.6 is 0 Å². The summed E-state index contributed by atoms with van der Waals surface area (Å²) in [5.74, 6) is -1.38. The van der Waals surface area contributed by atoms with Crippen LogP contribution in [-0.4, -0.2) is 20.2 Å². The molecule has 0 aliphatic rings. The minimum Gasteiger partial charge on any atom is -0.481 e. The van der Waals surface area contributed by atoms with E-state index in [-0.39, 0.29) is 6.42 Å². The summed E-state index contributed by atoms with van der Waals surface area (Å²) in [5, 5.41) is 8.74. The number of aliphatic carboxylic acids is 1. The van der Waals surface area contributed by atoms with Crippen molar-refractivity contribution >= 4 is 5.97 Å². The van der Waals surface area contributed by atoms with Crippen LogP contribution in [-0.2, 0) is 18.9 Å². The zero-order valence-corrected chi connectivity index (χ0v) is 10.4. The molecule has 0 saturated carbocycles. The second-order valence-corrected chi connectivity index (χ2v) is 4.20. The Morgan fingerprint density at radius 2 is 1.82 bits per heavy atom. The Morgan fingerprint density at radius 1 is 1.29 bits per heavy atom. The van der Waals surface area contributed by atoms with Gasteiger partial charge in [-0.2, -0.15) is 0 Å². The maximum Gasteiger partial charge on any atom is 0.330 e. The van der Waals surface area contributed by atoms with Gasteiger partial charge in [0.1, 0.15) is 0 Å². The molecular formula is C11H16N2O4. The molecule has 0 amide bonds. The van der Waals surface area contributed by atoms with Crippen molar-refractivity contribution in [3.8, 4) is 0 Å². The molecule has 1 N–H and O–H groups in total. The predicted molar refractivity (Wildman–Crippen MR) is 62.3 cm³/mol. The van der Waals surface area contributed by atoms with Crippen molar-refractivity contribution in [3.05, 3.63) is 32.1 Å². The van der Waals surface area contributed by atoms with Crippen molar-refractivity contribution in [1.82, 2.24) is 9.13 Å². The largest absolute Gasteiger partial charge is 0.481 e. The molecule has 1 atom stereocenters. The molecule has 1 aromatic heterocycles. The van der Waals surface area contributed by atoms with Crippen LogP contribution in [0.4, 0.5) is 0 Å². The molecule has 1 rings (SSSR count). The van der Waals surface area contributed by atoms with Gasteiger partial charge in [-0.1, -0.05) is 6.92 Å². The fraction of sp³-hybridized carbons (Fsp3) is 0.545. The van der Waals surface area contributed by atoms with Crippen LogP contribution in [0, 0.1) is 6.92 Å². The summed E-state index contributed by atoms with van der Waals surface area (Å²) in [6.45, 7) is 3.32. The summed E-state index contributed by atoms with van der Waals surface area (Å²) < 4.78 is 2.36. The quantitative estimate of drug-likeness (QED) is 0.804. The molecule has 94 valence electrons. The standard InChI is InChI=1S/C11H16N2O4/c1-6(5-8(14)15)9-7(2)12(3)11(17)13(4)10(9)16/h6H,5H2,1-4H3,(H,14,15)/t6-/m1/s1. The van der Waals surface area contributed by atoms with Crippen LogP contribution < -0.4 is 11.2 Å². The van der Waals surface area contributed by atoms with Gasteiger partial charge < -0.3 is 9.67 Å². The highest BCUT2D eigenvalue weighted by Gasteiger charge is 2.19. The smallest absolute Gasteiger partial charge is 0.330 e. The van der Waals surface area contributed by atoms with Gasteiger partial charge in [0, 0.05) is 25.4 Å². The Bertz CT molecular complexity index is 568. The average molecular weight is 240 g/mol. The minimum atomic E-state index is -0.965. The number of aromatic nitrogens is 2. The van der Waals surface area contributed by atoms with E-state index >= 15 is 0 Å². The Hall–Kier alpha value is -1.85. The van der Waals surface area contributed by atoms with Crippen LogP contribution in [0.15, 0.2) is 9.59 Å². The number of carboxylic acids is 1. The van der Waals surface area contributed by atoms with E-state index in [9.17, 15) is 14.4 Å². The van der Waals surface area contributed by atoms with E-state index in [0.717, 1.165) is 4.57 Å². The molecule has 6 heteroatoms. The highest BCUT2D eigenvalue weighted by molar-refractivity contribution is 5.68. The molecule has 1 heterocycles. The first kappa shape index (κ1) is 13.2. The maximum atomic E-state index is 11.9. The number of hydrogen-bond acceptors (Lipinski definition) is 3. The van der Waals surface area contributed by atoms with E-state index in [2.05, 4.69) is 0 Å². The van der Waals surface area contributed by atoms with Crippen LogP contribution in [0.1, 0.15) is 30.5 Å². The van der Waals surface area contributed by atoms with Crippen LogP contribution in [0.3, 0.4) is 0 Å². The first-order chi connectivity index (χ1) is 7.77. The molecule has 0 saturated heterocycles. The van der Waals surface area contributed by atoms with E-state index in [4.69, 9.17) is 5.11 Å². The van der Waals surface area contributed by atoms with Crippen LogP contribution in [0.25, 0.3) is 0 Å². The van der Waals surface area contributed by atoms with Crippen molar-refractivity contribution in [1.29, 1.82) is 0 Å². The summed E-state index contributed by atoms with van der Waals surface area (Å²) in [6, 6.07) is 0.